The topological polar surface area (TPSA) is 81.1 Å². The van der Waals surface area contributed by atoms with Crippen LogP contribution in [0.2, 0.25) is 0 Å². The molecule has 0 atom stereocenters. The van der Waals surface area contributed by atoms with Crippen LogP contribution in [0.3, 0.4) is 0 Å². The molecule has 0 aromatic heterocycles. The number of nitrogens with one attached hydrogen (secondary N) is 1. The molecule has 17 heavy (non-hydrogen) atoms. The van der Waals surface area contributed by atoms with Crippen LogP contribution in [0.5, 0.6) is 0 Å². The Morgan fingerprint density at radius 2 is 1.94 bits per heavy atom. The van der Waals surface area contributed by atoms with Gasteiger partial charge in [0, 0.05) is 12.1 Å². The molecule has 0 aliphatic carbocycles. The number of hydrogen-bond acceptors (Lipinski definition) is 3. The molecule has 0 unspecified atom stereocenters. The summed E-state index contributed by atoms with van der Waals surface area (Å²) in [6.07, 6.45) is 3.32. The molecule has 0 fully saturated rings. The van der Waals surface area contributed by atoms with Crippen molar-refractivity contribution < 1.29 is 4.79 Å². The highest BCUT2D eigenvalue weighted by molar-refractivity contribution is 5.94. The quantitative estimate of drug-likeness (QED) is 0.588. The fraction of sp³-hybridized carbons (Fsp3) is 0.462. The summed E-state index contributed by atoms with van der Waals surface area (Å²) >= 11 is 0. The van der Waals surface area contributed by atoms with E-state index in [2.05, 4.69) is 5.32 Å². The Bertz CT molecular complexity index is 352. The van der Waals surface area contributed by atoms with Gasteiger partial charge >= 0.3 is 0 Å². The maximum Gasteiger partial charge on any atom is 0.249 e. The second kappa shape index (κ2) is 7.81. The van der Waals surface area contributed by atoms with Gasteiger partial charge in [-0.3, -0.25) is 4.79 Å². The molecule has 0 bridgehead atoms. The van der Waals surface area contributed by atoms with Gasteiger partial charge in [-0.2, -0.15) is 0 Å². The fourth-order valence-electron chi connectivity index (χ4n) is 1.71. The van der Waals surface area contributed by atoms with E-state index in [-0.39, 0.29) is 5.91 Å². The largest absolute Gasteiger partial charge is 0.366 e. The van der Waals surface area contributed by atoms with Gasteiger partial charge in [0.2, 0.25) is 5.91 Å². The summed E-state index contributed by atoms with van der Waals surface area (Å²) in [4.78, 5) is 11.2. The Labute approximate surface area is 102 Å². The third-order valence-electron chi connectivity index (χ3n) is 2.66. The van der Waals surface area contributed by atoms with Crippen LogP contribution < -0.4 is 16.8 Å². The number of primary amides is 1. The summed E-state index contributed by atoms with van der Waals surface area (Å²) < 4.78 is 0. The fourth-order valence-corrected chi connectivity index (χ4v) is 1.71. The van der Waals surface area contributed by atoms with Gasteiger partial charge in [-0.05, 0) is 37.6 Å². The second-order valence-corrected chi connectivity index (χ2v) is 4.05. The van der Waals surface area contributed by atoms with E-state index in [9.17, 15) is 4.79 Å². The molecule has 1 amide bonds. The summed E-state index contributed by atoms with van der Waals surface area (Å²) in [7, 11) is 0. The van der Waals surface area contributed by atoms with Crippen LogP contribution in [0, 0.1) is 0 Å². The average Bonchev–Trinajstić information content (AvgIpc) is 2.34. The monoisotopic (exact) mass is 235 g/mol. The van der Waals surface area contributed by atoms with Crippen LogP contribution in [0.15, 0.2) is 24.3 Å². The van der Waals surface area contributed by atoms with Crippen LogP contribution in [-0.4, -0.2) is 19.0 Å². The van der Waals surface area contributed by atoms with Crippen molar-refractivity contribution in [2.75, 3.05) is 13.1 Å². The first-order valence-electron chi connectivity index (χ1n) is 6.04. The van der Waals surface area contributed by atoms with Crippen molar-refractivity contribution in [1.29, 1.82) is 0 Å². The molecule has 0 saturated carbocycles. The van der Waals surface area contributed by atoms with Crippen LogP contribution in [0.4, 0.5) is 0 Å². The Hall–Kier alpha value is -1.39. The van der Waals surface area contributed by atoms with Crippen molar-refractivity contribution in [3.05, 3.63) is 35.4 Å². The highest BCUT2D eigenvalue weighted by Crippen LogP contribution is 2.07. The molecular formula is C13H21N3O. The molecule has 1 aromatic rings. The summed E-state index contributed by atoms with van der Waals surface area (Å²) in [6, 6.07) is 7.42. The van der Waals surface area contributed by atoms with E-state index in [1.807, 2.05) is 18.2 Å². The van der Waals surface area contributed by atoms with Crippen LogP contribution in [-0.2, 0) is 6.54 Å². The Morgan fingerprint density at radius 3 is 2.65 bits per heavy atom. The minimum atomic E-state index is -0.370. The molecule has 1 aromatic carbocycles. The number of amides is 1. The van der Waals surface area contributed by atoms with Crippen LogP contribution in [0.1, 0.15) is 35.2 Å². The highest BCUT2D eigenvalue weighted by Gasteiger charge is 2.05. The molecule has 94 valence electrons. The summed E-state index contributed by atoms with van der Waals surface area (Å²) in [5.41, 5.74) is 12.3. The zero-order valence-electron chi connectivity index (χ0n) is 10.1. The molecule has 0 aliphatic heterocycles. The van der Waals surface area contributed by atoms with Crippen molar-refractivity contribution in [2.45, 2.75) is 25.8 Å². The molecule has 0 aliphatic rings. The summed E-state index contributed by atoms with van der Waals surface area (Å²) in [5, 5.41) is 3.31. The van der Waals surface area contributed by atoms with Gasteiger partial charge in [0.05, 0.1) is 0 Å². The maximum absolute atomic E-state index is 11.2. The molecule has 4 nitrogen and oxygen atoms in total. The standard InChI is InChI=1S/C13H21N3O/c14-8-4-1-5-9-16-10-11-6-2-3-7-12(11)13(15)17/h2-3,6-7,16H,1,4-5,8-10,14H2,(H2,15,17). The highest BCUT2D eigenvalue weighted by atomic mass is 16.1. The SMILES string of the molecule is NCCCCCNCc1ccccc1C(N)=O. The van der Waals surface area contributed by atoms with E-state index in [4.69, 9.17) is 11.5 Å². The van der Waals surface area contributed by atoms with Gasteiger partial charge in [0.25, 0.3) is 0 Å². The summed E-state index contributed by atoms with van der Waals surface area (Å²) in [6.45, 7) is 2.37. The molecule has 0 spiro atoms. The Kier molecular flexibility index (Phi) is 6.29. The predicted molar refractivity (Wildman–Crippen MR) is 69.6 cm³/mol. The molecule has 1 rings (SSSR count). The first-order valence-corrected chi connectivity index (χ1v) is 6.04. The third-order valence-corrected chi connectivity index (χ3v) is 2.66. The zero-order chi connectivity index (χ0) is 12.5. The third kappa shape index (κ3) is 4.97. The molecule has 0 saturated heterocycles. The van der Waals surface area contributed by atoms with Gasteiger partial charge in [-0.1, -0.05) is 24.6 Å². The Balaban J connectivity index is 2.34. The van der Waals surface area contributed by atoms with Gasteiger partial charge in [-0.25, -0.2) is 0 Å². The van der Waals surface area contributed by atoms with Gasteiger partial charge in [0.1, 0.15) is 0 Å². The van der Waals surface area contributed by atoms with Crippen molar-refractivity contribution in [3.8, 4) is 0 Å². The minimum Gasteiger partial charge on any atom is -0.366 e. The van der Waals surface area contributed by atoms with Crippen molar-refractivity contribution in [1.82, 2.24) is 5.32 Å². The lowest BCUT2D eigenvalue weighted by Crippen LogP contribution is -2.19. The number of hydrogen-bond donors (Lipinski definition) is 3. The lowest BCUT2D eigenvalue weighted by Gasteiger charge is -2.08. The lowest BCUT2D eigenvalue weighted by atomic mass is 10.1. The van der Waals surface area contributed by atoms with Gasteiger partial charge in [0.15, 0.2) is 0 Å². The smallest absolute Gasteiger partial charge is 0.249 e. The number of carbonyl (C=O) groups excluding carboxylic acids is 1. The predicted octanol–water partition coefficient (Wildman–Crippen LogP) is 1.00. The maximum atomic E-state index is 11.2. The van der Waals surface area contributed by atoms with E-state index in [1.54, 1.807) is 6.07 Å². The van der Waals surface area contributed by atoms with E-state index < -0.39 is 0 Å². The molecule has 0 radical (unpaired) electrons. The number of rotatable bonds is 8. The Morgan fingerprint density at radius 1 is 1.18 bits per heavy atom. The van der Waals surface area contributed by atoms with Crippen molar-refractivity contribution in [3.63, 3.8) is 0 Å². The lowest BCUT2D eigenvalue weighted by molar-refractivity contribution is 0.0999. The molecular weight excluding hydrogens is 214 g/mol. The molecule has 4 heteroatoms. The van der Waals surface area contributed by atoms with Crippen LogP contribution >= 0.6 is 0 Å². The van der Waals surface area contributed by atoms with Gasteiger partial charge < -0.3 is 16.8 Å². The van der Waals surface area contributed by atoms with Crippen molar-refractivity contribution in [2.24, 2.45) is 11.5 Å². The first kappa shape index (κ1) is 13.7. The number of carbonyl (C=O) groups is 1. The minimum absolute atomic E-state index is 0.370. The number of benzene rings is 1. The van der Waals surface area contributed by atoms with E-state index in [0.717, 1.165) is 37.9 Å². The van der Waals surface area contributed by atoms with Crippen molar-refractivity contribution >= 4 is 5.91 Å². The average molecular weight is 235 g/mol. The molecule has 5 N–H and O–H groups in total. The van der Waals surface area contributed by atoms with E-state index in [0.29, 0.717) is 12.1 Å². The summed E-state index contributed by atoms with van der Waals surface area (Å²) in [5.74, 6) is -0.370. The normalized spacial score (nSPS) is 10.4. The second-order valence-electron chi connectivity index (χ2n) is 4.05. The first-order chi connectivity index (χ1) is 8.25. The van der Waals surface area contributed by atoms with Gasteiger partial charge in [-0.15, -0.1) is 0 Å². The van der Waals surface area contributed by atoms with Crippen LogP contribution in [0.25, 0.3) is 0 Å². The number of unbranched alkanes of at least 4 members (excludes halogenated alkanes) is 2. The zero-order valence-corrected chi connectivity index (χ0v) is 10.1. The molecule has 0 heterocycles. The van der Waals surface area contributed by atoms with E-state index >= 15 is 0 Å². The van der Waals surface area contributed by atoms with E-state index in [1.165, 1.54) is 0 Å². The number of nitrogens with two attached hydrogens (primary N) is 2.